The zero-order valence-electron chi connectivity index (χ0n) is 11.3. The number of ether oxygens (including phenoxy) is 1. The van der Waals surface area contributed by atoms with Crippen LogP contribution in [0, 0.1) is 11.7 Å². The van der Waals surface area contributed by atoms with E-state index in [4.69, 9.17) is 9.84 Å². The van der Waals surface area contributed by atoms with E-state index in [0.29, 0.717) is 18.5 Å². The van der Waals surface area contributed by atoms with Gasteiger partial charge in [0, 0.05) is 18.2 Å². The van der Waals surface area contributed by atoms with Gasteiger partial charge in [0.15, 0.2) is 11.6 Å². The molecule has 1 aliphatic heterocycles. The summed E-state index contributed by atoms with van der Waals surface area (Å²) in [5, 5.41) is 9.06. The number of rotatable bonds is 3. The summed E-state index contributed by atoms with van der Waals surface area (Å²) >= 11 is 0. The lowest BCUT2D eigenvalue weighted by Gasteiger charge is -2.23. The average molecular weight is 281 g/mol. The smallest absolute Gasteiger partial charge is 0.308 e. The Kier molecular flexibility index (Phi) is 3.92. The SMILES string of the molecule is COc1cc(C(=O)N2CCC(C(=O)O)C2C)ccc1F. The van der Waals surface area contributed by atoms with Gasteiger partial charge in [0.2, 0.25) is 0 Å². The molecule has 0 saturated carbocycles. The van der Waals surface area contributed by atoms with Gasteiger partial charge >= 0.3 is 5.97 Å². The van der Waals surface area contributed by atoms with E-state index in [-0.39, 0.29) is 17.7 Å². The molecule has 1 saturated heterocycles. The molecule has 6 heteroatoms. The molecule has 2 rings (SSSR count). The van der Waals surface area contributed by atoms with Crippen molar-refractivity contribution < 1.29 is 23.8 Å². The minimum Gasteiger partial charge on any atom is -0.494 e. The van der Waals surface area contributed by atoms with Crippen LogP contribution < -0.4 is 4.74 Å². The van der Waals surface area contributed by atoms with Crippen LogP contribution >= 0.6 is 0 Å². The normalized spacial score (nSPS) is 21.9. The van der Waals surface area contributed by atoms with E-state index in [2.05, 4.69) is 0 Å². The first-order valence-electron chi connectivity index (χ1n) is 6.33. The van der Waals surface area contributed by atoms with Crippen LogP contribution in [-0.2, 0) is 4.79 Å². The molecule has 0 bridgehead atoms. The number of aliphatic carboxylic acids is 1. The van der Waals surface area contributed by atoms with Gasteiger partial charge in [0.1, 0.15) is 0 Å². The largest absolute Gasteiger partial charge is 0.494 e. The van der Waals surface area contributed by atoms with Crippen LogP contribution in [0.25, 0.3) is 0 Å². The molecule has 108 valence electrons. The number of likely N-dealkylation sites (tertiary alicyclic amines) is 1. The standard InChI is InChI=1S/C14H16FNO4/c1-8-10(14(18)19)5-6-16(8)13(17)9-3-4-11(15)12(7-9)20-2/h3-4,7-8,10H,5-6H2,1-2H3,(H,18,19). The van der Waals surface area contributed by atoms with E-state index in [9.17, 15) is 14.0 Å². The zero-order chi connectivity index (χ0) is 14.9. The van der Waals surface area contributed by atoms with Crippen LogP contribution in [0.1, 0.15) is 23.7 Å². The summed E-state index contributed by atoms with van der Waals surface area (Å²) in [6, 6.07) is 3.50. The van der Waals surface area contributed by atoms with Crippen molar-refractivity contribution in [1.82, 2.24) is 4.90 Å². The summed E-state index contributed by atoms with van der Waals surface area (Å²) < 4.78 is 18.2. The van der Waals surface area contributed by atoms with Crippen molar-refractivity contribution in [1.29, 1.82) is 0 Å². The van der Waals surface area contributed by atoms with Crippen LogP contribution in [0.2, 0.25) is 0 Å². The molecular formula is C14H16FNO4. The second-order valence-electron chi connectivity index (χ2n) is 4.82. The summed E-state index contributed by atoms with van der Waals surface area (Å²) in [5.74, 6) is -2.30. The van der Waals surface area contributed by atoms with Gasteiger partial charge in [-0.1, -0.05) is 0 Å². The maximum Gasteiger partial charge on any atom is 0.308 e. The summed E-state index contributed by atoms with van der Waals surface area (Å²) in [7, 11) is 1.33. The average Bonchev–Trinajstić information content (AvgIpc) is 2.80. The first-order valence-corrected chi connectivity index (χ1v) is 6.33. The number of benzene rings is 1. The van der Waals surface area contributed by atoms with Crippen molar-refractivity contribution in [2.75, 3.05) is 13.7 Å². The Labute approximate surface area is 116 Å². The lowest BCUT2D eigenvalue weighted by atomic mass is 10.0. The predicted octanol–water partition coefficient (Wildman–Crippen LogP) is 1.77. The lowest BCUT2D eigenvalue weighted by molar-refractivity contribution is -0.142. The van der Waals surface area contributed by atoms with Crippen LogP contribution in [0.4, 0.5) is 4.39 Å². The van der Waals surface area contributed by atoms with Crippen molar-refractivity contribution in [3.8, 4) is 5.75 Å². The second-order valence-corrected chi connectivity index (χ2v) is 4.82. The second kappa shape index (κ2) is 5.48. The van der Waals surface area contributed by atoms with Gasteiger partial charge in [-0.05, 0) is 31.5 Å². The number of carbonyl (C=O) groups is 2. The number of hydrogen-bond acceptors (Lipinski definition) is 3. The van der Waals surface area contributed by atoms with Crippen LogP contribution in [0.5, 0.6) is 5.75 Å². The molecule has 0 radical (unpaired) electrons. The maximum absolute atomic E-state index is 13.3. The van der Waals surface area contributed by atoms with Gasteiger partial charge in [-0.25, -0.2) is 4.39 Å². The molecule has 1 aromatic rings. The molecule has 20 heavy (non-hydrogen) atoms. The molecule has 1 N–H and O–H groups in total. The third kappa shape index (κ3) is 2.45. The Morgan fingerprint density at radius 1 is 1.45 bits per heavy atom. The molecule has 1 aromatic carbocycles. The fourth-order valence-electron chi connectivity index (χ4n) is 2.52. The fraction of sp³-hybridized carbons (Fsp3) is 0.429. The van der Waals surface area contributed by atoms with Crippen molar-refractivity contribution in [3.63, 3.8) is 0 Å². The summed E-state index contributed by atoms with van der Waals surface area (Å²) in [5.41, 5.74) is 0.293. The highest BCUT2D eigenvalue weighted by molar-refractivity contribution is 5.95. The molecule has 0 aliphatic carbocycles. The van der Waals surface area contributed by atoms with E-state index in [1.807, 2.05) is 0 Å². The number of carboxylic acids is 1. The fourth-order valence-corrected chi connectivity index (χ4v) is 2.52. The third-order valence-corrected chi connectivity index (χ3v) is 3.73. The van der Waals surface area contributed by atoms with Crippen LogP contribution in [0.15, 0.2) is 18.2 Å². The number of carbonyl (C=O) groups excluding carboxylic acids is 1. The molecule has 1 heterocycles. The van der Waals surface area contributed by atoms with Gasteiger partial charge in [0.05, 0.1) is 13.0 Å². The predicted molar refractivity (Wildman–Crippen MR) is 69.2 cm³/mol. The van der Waals surface area contributed by atoms with E-state index >= 15 is 0 Å². The van der Waals surface area contributed by atoms with Gasteiger partial charge in [-0.2, -0.15) is 0 Å². The number of carboxylic acid groups (broad SMARTS) is 1. The number of halogens is 1. The topological polar surface area (TPSA) is 66.8 Å². The molecule has 0 spiro atoms. The Balaban J connectivity index is 2.22. The molecule has 2 atom stereocenters. The number of nitrogens with zero attached hydrogens (tertiary/aromatic N) is 1. The van der Waals surface area contributed by atoms with Crippen molar-refractivity contribution in [2.24, 2.45) is 5.92 Å². The van der Waals surface area contributed by atoms with E-state index < -0.39 is 17.7 Å². The quantitative estimate of drug-likeness (QED) is 0.917. The van der Waals surface area contributed by atoms with Crippen molar-refractivity contribution >= 4 is 11.9 Å². The number of amides is 1. The molecule has 0 aromatic heterocycles. The summed E-state index contributed by atoms with van der Waals surface area (Å²) in [6.07, 6.45) is 0.431. The Morgan fingerprint density at radius 3 is 2.70 bits per heavy atom. The Hall–Kier alpha value is -2.11. The van der Waals surface area contributed by atoms with Gasteiger partial charge in [-0.15, -0.1) is 0 Å². The lowest BCUT2D eigenvalue weighted by Crippen LogP contribution is -2.37. The highest BCUT2D eigenvalue weighted by Crippen LogP contribution is 2.27. The minimum atomic E-state index is -0.899. The van der Waals surface area contributed by atoms with Crippen LogP contribution in [-0.4, -0.2) is 41.6 Å². The molecule has 1 aliphatic rings. The molecule has 5 nitrogen and oxygen atoms in total. The highest BCUT2D eigenvalue weighted by Gasteiger charge is 2.38. The van der Waals surface area contributed by atoms with E-state index in [0.717, 1.165) is 0 Å². The summed E-state index contributed by atoms with van der Waals surface area (Å²) in [4.78, 5) is 24.9. The third-order valence-electron chi connectivity index (χ3n) is 3.73. The first-order chi connectivity index (χ1) is 9.45. The first kappa shape index (κ1) is 14.3. The highest BCUT2D eigenvalue weighted by atomic mass is 19.1. The van der Waals surface area contributed by atoms with Crippen LogP contribution in [0.3, 0.4) is 0 Å². The van der Waals surface area contributed by atoms with Gasteiger partial charge < -0.3 is 14.7 Å². The Morgan fingerprint density at radius 2 is 2.15 bits per heavy atom. The van der Waals surface area contributed by atoms with Gasteiger partial charge in [-0.3, -0.25) is 9.59 Å². The van der Waals surface area contributed by atoms with E-state index in [1.165, 1.54) is 30.2 Å². The monoisotopic (exact) mass is 281 g/mol. The maximum atomic E-state index is 13.3. The minimum absolute atomic E-state index is 0.00233. The molecule has 1 amide bonds. The molecule has 2 unspecified atom stereocenters. The molecule has 1 fully saturated rings. The van der Waals surface area contributed by atoms with Crippen molar-refractivity contribution in [3.05, 3.63) is 29.6 Å². The van der Waals surface area contributed by atoms with Crippen molar-refractivity contribution in [2.45, 2.75) is 19.4 Å². The Bertz CT molecular complexity index is 546. The number of hydrogen-bond donors (Lipinski definition) is 1. The van der Waals surface area contributed by atoms with E-state index in [1.54, 1.807) is 6.92 Å². The zero-order valence-corrected chi connectivity index (χ0v) is 11.3. The summed E-state index contributed by atoms with van der Waals surface area (Å²) in [6.45, 7) is 2.10. The number of methoxy groups -OCH3 is 1. The van der Waals surface area contributed by atoms with Gasteiger partial charge in [0.25, 0.3) is 5.91 Å². The molecular weight excluding hydrogens is 265 g/mol.